The Morgan fingerprint density at radius 2 is 0.909 bits per heavy atom. The summed E-state index contributed by atoms with van der Waals surface area (Å²) in [5.41, 5.74) is 0. The summed E-state index contributed by atoms with van der Waals surface area (Å²) in [6.45, 7) is 5.31. The van der Waals surface area contributed by atoms with Gasteiger partial charge in [0.2, 0.25) is 0 Å². The number of quaternary nitrogens is 1. The van der Waals surface area contributed by atoms with Crippen LogP contribution in [0.4, 0.5) is 0 Å². The zero-order chi connectivity index (χ0) is 16.5. The van der Waals surface area contributed by atoms with Gasteiger partial charge in [-0.15, -0.1) is 0 Å². The van der Waals surface area contributed by atoms with Gasteiger partial charge in [0, 0.05) is 0 Å². The van der Waals surface area contributed by atoms with Gasteiger partial charge in [-0.2, -0.15) is 0 Å². The van der Waals surface area contributed by atoms with Crippen molar-refractivity contribution in [3.63, 3.8) is 0 Å². The Morgan fingerprint density at radius 1 is 0.545 bits per heavy atom. The van der Waals surface area contributed by atoms with Gasteiger partial charge in [-0.1, -0.05) is 71.1 Å². The van der Waals surface area contributed by atoms with E-state index in [-0.39, 0.29) is 13.2 Å². The Kier molecular flexibility index (Phi) is 15.7. The number of aliphatic hydroxyl groups excluding tert-OH is 2. The molecular weight excluding hydrogens is 274 g/mol. The van der Waals surface area contributed by atoms with E-state index in [2.05, 4.69) is 14.0 Å². The van der Waals surface area contributed by atoms with E-state index in [0.29, 0.717) is 0 Å². The maximum absolute atomic E-state index is 9.12. The molecule has 0 rings (SSSR count). The molecule has 22 heavy (non-hydrogen) atoms. The van der Waals surface area contributed by atoms with Gasteiger partial charge in [0.05, 0.1) is 26.8 Å². The standard InChI is InChI=1S/C19H42NO2/c1-3-4-5-6-7-8-9-10-11-12-13-14-15-20(2,16-18-21)17-19-22/h21-22H,3-19H2,1-2H3/q+1. The highest BCUT2D eigenvalue weighted by Crippen LogP contribution is 2.13. The van der Waals surface area contributed by atoms with E-state index in [1.165, 1.54) is 77.0 Å². The molecule has 3 heteroatoms. The first-order valence-electron chi connectivity index (χ1n) is 9.74. The molecule has 0 amide bonds. The van der Waals surface area contributed by atoms with Gasteiger partial charge < -0.3 is 14.7 Å². The molecule has 0 spiro atoms. The molecule has 3 nitrogen and oxygen atoms in total. The number of hydrogen-bond acceptors (Lipinski definition) is 2. The summed E-state index contributed by atoms with van der Waals surface area (Å²) in [4.78, 5) is 0. The van der Waals surface area contributed by atoms with Crippen molar-refractivity contribution in [2.24, 2.45) is 0 Å². The van der Waals surface area contributed by atoms with Crippen LogP contribution in [0.2, 0.25) is 0 Å². The third kappa shape index (κ3) is 13.5. The van der Waals surface area contributed by atoms with Crippen LogP contribution < -0.4 is 0 Å². The highest BCUT2D eigenvalue weighted by Gasteiger charge is 2.19. The fourth-order valence-electron chi connectivity index (χ4n) is 3.15. The lowest BCUT2D eigenvalue weighted by Gasteiger charge is -2.33. The minimum atomic E-state index is 0.217. The molecule has 2 N–H and O–H groups in total. The average Bonchev–Trinajstić information content (AvgIpc) is 2.49. The van der Waals surface area contributed by atoms with Crippen LogP contribution in [-0.2, 0) is 0 Å². The van der Waals surface area contributed by atoms with Gasteiger partial charge in [0.25, 0.3) is 0 Å². The molecule has 0 radical (unpaired) electrons. The van der Waals surface area contributed by atoms with Crippen LogP contribution in [0.1, 0.15) is 84.0 Å². The first-order chi connectivity index (χ1) is 10.7. The zero-order valence-electron chi connectivity index (χ0n) is 15.4. The van der Waals surface area contributed by atoms with Crippen molar-refractivity contribution in [3.8, 4) is 0 Å². The minimum absolute atomic E-state index is 0.217. The largest absolute Gasteiger partial charge is 0.391 e. The summed E-state index contributed by atoms with van der Waals surface area (Å²) < 4.78 is 0.810. The van der Waals surface area contributed by atoms with E-state index in [0.717, 1.165) is 24.1 Å². The fraction of sp³-hybridized carbons (Fsp3) is 1.00. The zero-order valence-corrected chi connectivity index (χ0v) is 15.4. The number of unbranched alkanes of at least 4 members (excludes halogenated alkanes) is 11. The smallest absolute Gasteiger partial charge is 0.102 e. The van der Waals surface area contributed by atoms with Crippen molar-refractivity contribution in [1.82, 2.24) is 0 Å². The van der Waals surface area contributed by atoms with Crippen LogP contribution in [0.3, 0.4) is 0 Å². The van der Waals surface area contributed by atoms with Gasteiger partial charge in [0.15, 0.2) is 0 Å². The Morgan fingerprint density at radius 3 is 1.27 bits per heavy atom. The van der Waals surface area contributed by atoms with E-state index >= 15 is 0 Å². The lowest BCUT2D eigenvalue weighted by atomic mass is 10.1. The SMILES string of the molecule is CCCCCCCCCCCCCC[N+](C)(CCO)CCO. The quantitative estimate of drug-likeness (QED) is 0.313. The monoisotopic (exact) mass is 316 g/mol. The summed E-state index contributed by atoms with van der Waals surface area (Å²) >= 11 is 0. The van der Waals surface area contributed by atoms with Gasteiger partial charge in [0.1, 0.15) is 13.1 Å². The summed E-state index contributed by atoms with van der Waals surface area (Å²) in [6, 6.07) is 0. The van der Waals surface area contributed by atoms with Crippen LogP contribution >= 0.6 is 0 Å². The summed E-state index contributed by atoms with van der Waals surface area (Å²) in [5.74, 6) is 0. The van der Waals surface area contributed by atoms with Gasteiger partial charge in [-0.25, -0.2) is 0 Å². The number of aliphatic hydroxyl groups is 2. The Hall–Kier alpha value is -0.120. The molecule has 0 aliphatic heterocycles. The Bertz CT molecular complexity index is 215. The number of rotatable bonds is 17. The molecule has 0 unspecified atom stereocenters. The third-order valence-electron chi connectivity index (χ3n) is 4.83. The van der Waals surface area contributed by atoms with Crippen molar-refractivity contribution in [2.45, 2.75) is 84.0 Å². The highest BCUT2D eigenvalue weighted by molar-refractivity contribution is 4.49. The average molecular weight is 317 g/mol. The molecule has 0 aromatic carbocycles. The highest BCUT2D eigenvalue weighted by atomic mass is 16.3. The van der Waals surface area contributed by atoms with Crippen molar-refractivity contribution in [3.05, 3.63) is 0 Å². The second-order valence-electron chi connectivity index (χ2n) is 7.13. The van der Waals surface area contributed by atoms with E-state index in [4.69, 9.17) is 10.2 Å². The molecule has 0 atom stereocenters. The first kappa shape index (κ1) is 21.9. The fourth-order valence-corrected chi connectivity index (χ4v) is 3.15. The van der Waals surface area contributed by atoms with Crippen LogP contribution in [0.5, 0.6) is 0 Å². The second kappa shape index (κ2) is 15.8. The molecule has 0 saturated heterocycles. The van der Waals surface area contributed by atoms with E-state index in [1.54, 1.807) is 0 Å². The van der Waals surface area contributed by atoms with E-state index in [9.17, 15) is 0 Å². The molecule has 134 valence electrons. The van der Waals surface area contributed by atoms with Crippen LogP contribution in [0.25, 0.3) is 0 Å². The summed E-state index contributed by atoms with van der Waals surface area (Å²) in [6.07, 6.45) is 16.5. The maximum Gasteiger partial charge on any atom is 0.102 e. The van der Waals surface area contributed by atoms with E-state index < -0.39 is 0 Å². The van der Waals surface area contributed by atoms with Gasteiger partial charge >= 0.3 is 0 Å². The number of likely N-dealkylation sites (N-methyl/N-ethyl adjacent to an activating group) is 1. The number of nitrogens with zero attached hydrogens (tertiary/aromatic N) is 1. The maximum atomic E-state index is 9.12. The molecule has 0 aliphatic rings. The molecular formula is C19H42NO2+. The number of hydrogen-bond donors (Lipinski definition) is 2. The van der Waals surface area contributed by atoms with Crippen LogP contribution in [-0.4, -0.2) is 54.6 Å². The van der Waals surface area contributed by atoms with Crippen molar-refractivity contribution >= 4 is 0 Å². The summed E-state index contributed by atoms with van der Waals surface area (Å²) in [7, 11) is 2.14. The van der Waals surface area contributed by atoms with Gasteiger partial charge in [-0.05, 0) is 12.8 Å². The van der Waals surface area contributed by atoms with Crippen molar-refractivity contribution in [1.29, 1.82) is 0 Å². The van der Waals surface area contributed by atoms with Crippen LogP contribution in [0, 0.1) is 0 Å². The molecule has 0 aromatic heterocycles. The lowest BCUT2D eigenvalue weighted by molar-refractivity contribution is -0.910. The first-order valence-corrected chi connectivity index (χ1v) is 9.74. The van der Waals surface area contributed by atoms with Crippen LogP contribution in [0.15, 0.2) is 0 Å². The second-order valence-corrected chi connectivity index (χ2v) is 7.13. The molecule has 0 aliphatic carbocycles. The van der Waals surface area contributed by atoms with Crippen molar-refractivity contribution < 1.29 is 14.7 Å². The topological polar surface area (TPSA) is 40.5 Å². The lowest BCUT2D eigenvalue weighted by Crippen LogP contribution is -2.48. The minimum Gasteiger partial charge on any atom is -0.391 e. The van der Waals surface area contributed by atoms with Gasteiger partial charge in [-0.3, -0.25) is 0 Å². The molecule has 0 bridgehead atoms. The molecule has 0 fully saturated rings. The van der Waals surface area contributed by atoms with Crippen molar-refractivity contribution in [2.75, 3.05) is 39.9 Å². The summed E-state index contributed by atoms with van der Waals surface area (Å²) in [5, 5.41) is 18.2. The predicted octanol–water partition coefficient (Wildman–Crippen LogP) is 4.12. The predicted molar refractivity (Wildman–Crippen MR) is 96.0 cm³/mol. The molecule has 0 aromatic rings. The molecule has 0 heterocycles. The third-order valence-corrected chi connectivity index (χ3v) is 4.83. The Labute approximate surface area is 139 Å². The van der Waals surface area contributed by atoms with E-state index in [1.807, 2.05) is 0 Å². The Balaban J connectivity index is 3.34. The normalized spacial score (nSPS) is 12.0. The molecule has 0 saturated carbocycles.